The highest BCUT2D eigenvalue weighted by Crippen LogP contribution is 2.29. The molecule has 4 nitrogen and oxygen atoms in total. The molecule has 0 heterocycles. The van der Waals surface area contributed by atoms with Gasteiger partial charge in [-0.15, -0.1) is 0 Å². The van der Waals surface area contributed by atoms with E-state index in [1.54, 1.807) is 12.1 Å². The molecule has 0 aliphatic carbocycles. The lowest BCUT2D eigenvalue weighted by molar-refractivity contribution is -0.114. The third-order valence-electron chi connectivity index (χ3n) is 3.78. The second-order valence-corrected chi connectivity index (χ2v) is 5.50. The number of benzene rings is 1. The van der Waals surface area contributed by atoms with Crippen molar-refractivity contribution < 1.29 is 9.90 Å². The van der Waals surface area contributed by atoms with E-state index in [0.717, 1.165) is 18.5 Å². The van der Waals surface area contributed by atoms with Crippen LogP contribution in [0.2, 0.25) is 5.02 Å². The Hall–Kier alpha value is -1.26. The average molecular weight is 299 g/mol. The fraction of sp³-hybridized carbons (Fsp3) is 0.533. The zero-order chi connectivity index (χ0) is 15.2. The van der Waals surface area contributed by atoms with Gasteiger partial charge >= 0.3 is 0 Å². The number of aliphatic hydroxyl groups is 1. The Morgan fingerprint density at radius 3 is 2.45 bits per heavy atom. The zero-order valence-corrected chi connectivity index (χ0v) is 13.0. The summed E-state index contributed by atoms with van der Waals surface area (Å²) in [5.74, 6) is -0.149. The van der Waals surface area contributed by atoms with Crippen LogP contribution in [0.1, 0.15) is 33.6 Å². The first-order chi connectivity index (χ1) is 9.46. The van der Waals surface area contributed by atoms with Crippen molar-refractivity contribution in [1.29, 1.82) is 0 Å². The van der Waals surface area contributed by atoms with Gasteiger partial charge in [0, 0.05) is 24.6 Å². The summed E-state index contributed by atoms with van der Waals surface area (Å²) >= 11 is 6.12. The molecule has 0 radical (unpaired) electrons. The van der Waals surface area contributed by atoms with Gasteiger partial charge in [-0.3, -0.25) is 4.79 Å². The summed E-state index contributed by atoms with van der Waals surface area (Å²) < 4.78 is 0. The van der Waals surface area contributed by atoms with Crippen LogP contribution in [0.3, 0.4) is 0 Å². The second kappa shape index (κ2) is 7.50. The third kappa shape index (κ3) is 4.39. The van der Waals surface area contributed by atoms with Crippen molar-refractivity contribution in [3.63, 3.8) is 0 Å². The van der Waals surface area contributed by atoms with Crippen LogP contribution in [-0.2, 0) is 4.79 Å². The maximum absolute atomic E-state index is 11.0. The molecule has 0 aromatic heterocycles. The SMILES string of the molecule is CCC(CC)(CO)CNc1ccc(NC(C)=O)c(Cl)c1. The number of halogens is 1. The van der Waals surface area contributed by atoms with Crippen LogP contribution in [0, 0.1) is 5.41 Å². The molecule has 3 N–H and O–H groups in total. The van der Waals surface area contributed by atoms with E-state index in [1.165, 1.54) is 6.92 Å². The minimum atomic E-state index is -0.149. The molecule has 0 spiro atoms. The van der Waals surface area contributed by atoms with E-state index in [9.17, 15) is 9.90 Å². The van der Waals surface area contributed by atoms with Gasteiger partial charge in [-0.25, -0.2) is 0 Å². The average Bonchev–Trinajstić information content (AvgIpc) is 2.43. The lowest BCUT2D eigenvalue weighted by Crippen LogP contribution is -2.32. The van der Waals surface area contributed by atoms with Crippen molar-refractivity contribution in [3.05, 3.63) is 23.2 Å². The molecule has 0 aliphatic rings. The third-order valence-corrected chi connectivity index (χ3v) is 4.10. The standard InChI is InChI=1S/C15H23ClN2O2/c1-4-15(5-2,10-19)9-17-12-6-7-14(13(16)8-12)18-11(3)20/h6-8,17,19H,4-5,9-10H2,1-3H3,(H,18,20). The van der Waals surface area contributed by atoms with E-state index in [1.807, 2.05) is 6.07 Å². The van der Waals surface area contributed by atoms with Crippen molar-refractivity contribution in [3.8, 4) is 0 Å². The molecule has 1 aromatic rings. The summed E-state index contributed by atoms with van der Waals surface area (Å²) in [6.07, 6.45) is 1.81. The van der Waals surface area contributed by atoms with Crippen molar-refractivity contribution >= 4 is 28.9 Å². The van der Waals surface area contributed by atoms with Crippen LogP contribution >= 0.6 is 11.6 Å². The largest absolute Gasteiger partial charge is 0.396 e. The number of amides is 1. The molecule has 0 atom stereocenters. The lowest BCUT2D eigenvalue weighted by atomic mass is 9.83. The Labute approximate surface area is 125 Å². The van der Waals surface area contributed by atoms with Gasteiger partial charge in [-0.05, 0) is 31.0 Å². The summed E-state index contributed by atoms with van der Waals surface area (Å²) in [4.78, 5) is 11.0. The maximum Gasteiger partial charge on any atom is 0.221 e. The molecule has 1 aromatic carbocycles. The molecule has 1 rings (SSSR count). The quantitative estimate of drug-likeness (QED) is 0.722. The molecule has 0 fully saturated rings. The predicted octanol–water partition coefficient (Wildman–Crippen LogP) is 3.51. The molecular weight excluding hydrogens is 276 g/mol. The first kappa shape index (κ1) is 16.8. The molecular formula is C15H23ClN2O2. The lowest BCUT2D eigenvalue weighted by Gasteiger charge is -2.30. The first-order valence-electron chi connectivity index (χ1n) is 6.88. The van der Waals surface area contributed by atoms with E-state index >= 15 is 0 Å². The van der Waals surface area contributed by atoms with Gasteiger partial charge in [0.1, 0.15) is 0 Å². The molecule has 1 amide bonds. The van der Waals surface area contributed by atoms with E-state index in [4.69, 9.17) is 11.6 Å². The van der Waals surface area contributed by atoms with Gasteiger partial charge in [-0.2, -0.15) is 0 Å². The van der Waals surface area contributed by atoms with Gasteiger partial charge in [0.25, 0.3) is 0 Å². The molecule has 0 aliphatic heterocycles. The van der Waals surface area contributed by atoms with Gasteiger partial charge in [0.05, 0.1) is 17.3 Å². The minimum absolute atomic E-state index is 0.108. The van der Waals surface area contributed by atoms with Crippen LogP contribution in [-0.4, -0.2) is 24.2 Å². The Balaban J connectivity index is 2.74. The summed E-state index contributed by atoms with van der Waals surface area (Å²) in [7, 11) is 0. The topological polar surface area (TPSA) is 61.4 Å². The van der Waals surface area contributed by atoms with E-state index < -0.39 is 0 Å². The molecule has 0 unspecified atom stereocenters. The number of aliphatic hydroxyl groups excluding tert-OH is 1. The number of carbonyl (C=O) groups is 1. The second-order valence-electron chi connectivity index (χ2n) is 5.09. The number of anilines is 2. The highest BCUT2D eigenvalue weighted by molar-refractivity contribution is 6.34. The number of nitrogens with one attached hydrogen (secondary N) is 2. The Morgan fingerprint density at radius 2 is 2.00 bits per heavy atom. The van der Waals surface area contributed by atoms with Crippen LogP contribution in [0.5, 0.6) is 0 Å². The smallest absolute Gasteiger partial charge is 0.221 e. The molecule has 20 heavy (non-hydrogen) atoms. The Kier molecular flexibility index (Phi) is 6.30. The number of hydrogen-bond acceptors (Lipinski definition) is 3. The first-order valence-corrected chi connectivity index (χ1v) is 7.26. The van der Waals surface area contributed by atoms with Gasteiger partial charge in [0.15, 0.2) is 0 Å². The zero-order valence-electron chi connectivity index (χ0n) is 12.3. The van der Waals surface area contributed by atoms with E-state index in [0.29, 0.717) is 17.3 Å². The van der Waals surface area contributed by atoms with E-state index in [2.05, 4.69) is 24.5 Å². The number of hydrogen-bond donors (Lipinski definition) is 3. The summed E-state index contributed by atoms with van der Waals surface area (Å²) in [6, 6.07) is 5.41. The van der Waals surface area contributed by atoms with Crippen molar-refractivity contribution in [2.45, 2.75) is 33.6 Å². The van der Waals surface area contributed by atoms with Crippen LogP contribution in [0.4, 0.5) is 11.4 Å². The highest BCUT2D eigenvalue weighted by Gasteiger charge is 2.24. The summed E-state index contributed by atoms with van der Waals surface area (Å²) in [5.41, 5.74) is 1.37. The fourth-order valence-corrected chi connectivity index (χ4v) is 2.21. The predicted molar refractivity (Wildman–Crippen MR) is 84.3 cm³/mol. The Morgan fingerprint density at radius 1 is 1.35 bits per heavy atom. The Bertz CT molecular complexity index is 451. The minimum Gasteiger partial charge on any atom is -0.396 e. The van der Waals surface area contributed by atoms with Crippen molar-refractivity contribution in [2.75, 3.05) is 23.8 Å². The van der Waals surface area contributed by atoms with Crippen molar-refractivity contribution in [2.24, 2.45) is 5.41 Å². The van der Waals surface area contributed by atoms with Gasteiger partial charge < -0.3 is 15.7 Å². The van der Waals surface area contributed by atoms with Crippen LogP contribution < -0.4 is 10.6 Å². The van der Waals surface area contributed by atoms with Crippen LogP contribution in [0.15, 0.2) is 18.2 Å². The van der Waals surface area contributed by atoms with Crippen LogP contribution in [0.25, 0.3) is 0 Å². The van der Waals surface area contributed by atoms with Gasteiger partial charge in [-0.1, -0.05) is 25.4 Å². The summed E-state index contributed by atoms with van der Waals surface area (Å²) in [5, 5.41) is 16.0. The van der Waals surface area contributed by atoms with Gasteiger partial charge in [0.2, 0.25) is 5.91 Å². The summed E-state index contributed by atoms with van der Waals surface area (Å²) in [6.45, 7) is 6.44. The molecule has 0 bridgehead atoms. The number of rotatable bonds is 7. The molecule has 112 valence electrons. The van der Waals surface area contributed by atoms with E-state index in [-0.39, 0.29) is 17.9 Å². The molecule has 0 saturated carbocycles. The molecule has 0 saturated heterocycles. The maximum atomic E-state index is 11.0. The fourth-order valence-electron chi connectivity index (χ4n) is 1.99. The normalized spacial score (nSPS) is 11.2. The monoisotopic (exact) mass is 298 g/mol. The number of carbonyl (C=O) groups excluding carboxylic acids is 1. The molecule has 5 heteroatoms. The van der Waals surface area contributed by atoms with Crippen molar-refractivity contribution in [1.82, 2.24) is 0 Å². The highest BCUT2D eigenvalue weighted by atomic mass is 35.5.